The summed E-state index contributed by atoms with van der Waals surface area (Å²) >= 11 is 0. The molecule has 0 atom stereocenters. The van der Waals surface area contributed by atoms with Gasteiger partial charge in [0.25, 0.3) is 15.9 Å². The SMILES string of the molecule is COc1ccc(S(=O)(=O)N(CC(=O)N/N=C\c2ccc(F)cc2)c2ccccc2)cc1OC. The van der Waals surface area contributed by atoms with E-state index in [1.807, 2.05) is 0 Å². The van der Waals surface area contributed by atoms with E-state index < -0.39 is 28.3 Å². The van der Waals surface area contributed by atoms with Crippen LogP contribution in [0.1, 0.15) is 5.56 Å². The van der Waals surface area contributed by atoms with Crippen LogP contribution in [0.3, 0.4) is 0 Å². The molecule has 0 heterocycles. The second-order valence-electron chi connectivity index (χ2n) is 6.71. The smallest absolute Gasteiger partial charge is 0.264 e. The van der Waals surface area contributed by atoms with Crippen molar-refractivity contribution in [2.24, 2.45) is 5.10 Å². The number of methoxy groups -OCH3 is 2. The maximum absolute atomic E-state index is 13.4. The molecular formula is C23H22FN3O5S. The molecule has 3 aromatic rings. The van der Waals surface area contributed by atoms with Crippen LogP contribution in [0.4, 0.5) is 10.1 Å². The Bertz CT molecular complexity index is 1230. The van der Waals surface area contributed by atoms with Gasteiger partial charge in [0.2, 0.25) is 0 Å². The summed E-state index contributed by atoms with van der Waals surface area (Å²) in [6.45, 7) is -0.526. The minimum absolute atomic E-state index is 0.0772. The number of nitrogens with zero attached hydrogens (tertiary/aromatic N) is 2. The molecule has 172 valence electrons. The number of rotatable bonds is 9. The van der Waals surface area contributed by atoms with E-state index in [2.05, 4.69) is 10.5 Å². The van der Waals surface area contributed by atoms with Crippen molar-refractivity contribution in [3.8, 4) is 11.5 Å². The van der Waals surface area contributed by atoms with Gasteiger partial charge in [-0.1, -0.05) is 30.3 Å². The molecule has 3 rings (SSSR count). The van der Waals surface area contributed by atoms with Crippen LogP contribution >= 0.6 is 0 Å². The zero-order valence-corrected chi connectivity index (χ0v) is 18.8. The molecule has 0 aliphatic carbocycles. The van der Waals surface area contributed by atoms with Crippen molar-refractivity contribution in [1.82, 2.24) is 5.43 Å². The van der Waals surface area contributed by atoms with Gasteiger partial charge in [0.05, 0.1) is 31.0 Å². The van der Waals surface area contributed by atoms with Gasteiger partial charge in [-0.15, -0.1) is 0 Å². The van der Waals surface area contributed by atoms with Gasteiger partial charge >= 0.3 is 0 Å². The number of hydrogen-bond donors (Lipinski definition) is 1. The lowest BCUT2D eigenvalue weighted by molar-refractivity contribution is -0.119. The molecule has 0 radical (unpaired) electrons. The topological polar surface area (TPSA) is 97.3 Å². The summed E-state index contributed by atoms with van der Waals surface area (Å²) in [4.78, 5) is 12.5. The van der Waals surface area contributed by atoms with Crippen LogP contribution in [0.25, 0.3) is 0 Å². The Morgan fingerprint density at radius 2 is 1.67 bits per heavy atom. The molecule has 0 saturated heterocycles. The summed E-state index contributed by atoms with van der Waals surface area (Å²) in [6, 6.07) is 17.9. The fourth-order valence-electron chi connectivity index (χ4n) is 2.91. The summed E-state index contributed by atoms with van der Waals surface area (Å²) < 4.78 is 51.2. The molecule has 0 fully saturated rings. The van der Waals surface area contributed by atoms with Gasteiger partial charge in [-0.25, -0.2) is 18.2 Å². The summed E-state index contributed by atoms with van der Waals surface area (Å²) in [5.41, 5.74) is 3.16. The number of halogens is 1. The Hall–Kier alpha value is -3.92. The van der Waals surface area contributed by atoms with Gasteiger partial charge in [-0.05, 0) is 42.0 Å². The van der Waals surface area contributed by atoms with E-state index in [-0.39, 0.29) is 10.6 Å². The predicted octanol–water partition coefficient (Wildman–Crippen LogP) is 3.19. The number of carbonyl (C=O) groups excluding carboxylic acids is 1. The maximum atomic E-state index is 13.4. The van der Waals surface area contributed by atoms with E-state index in [0.717, 1.165) is 4.31 Å². The fourth-order valence-corrected chi connectivity index (χ4v) is 4.34. The second-order valence-corrected chi connectivity index (χ2v) is 8.57. The molecule has 0 bridgehead atoms. The lowest BCUT2D eigenvalue weighted by Gasteiger charge is -2.24. The Labute approximate surface area is 191 Å². The first-order valence-electron chi connectivity index (χ1n) is 9.72. The minimum atomic E-state index is -4.15. The fraction of sp³-hybridized carbons (Fsp3) is 0.130. The van der Waals surface area contributed by atoms with E-state index in [1.54, 1.807) is 30.3 Å². The first-order valence-corrected chi connectivity index (χ1v) is 11.2. The van der Waals surface area contributed by atoms with Crippen molar-refractivity contribution in [2.45, 2.75) is 4.90 Å². The quantitative estimate of drug-likeness (QED) is 0.382. The molecule has 3 aromatic carbocycles. The van der Waals surface area contributed by atoms with Gasteiger partial charge in [0.15, 0.2) is 11.5 Å². The van der Waals surface area contributed by atoms with Crippen molar-refractivity contribution >= 4 is 27.8 Å². The molecular weight excluding hydrogens is 449 g/mol. The summed E-state index contributed by atoms with van der Waals surface area (Å²) in [6.07, 6.45) is 1.33. The van der Waals surface area contributed by atoms with Gasteiger partial charge in [0, 0.05) is 6.07 Å². The maximum Gasteiger partial charge on any atom is 0.264 e. The molecule has 0 aliphatic rings. The van der Waals surface area contributed by atoms with Crippen LogP contribution in [-0.4, -0.2) is 41.3 Å². The predicted molar refractivity (Wildman–Crippen MR) is 123 cm³/mol. The third-order valence-electron chi connectivity index (χ3n) is 4.55. The molecule has 1 N–H and O–H groups in total. The summed E-state index contributed by atoms with van der Waals surface area (Å²) in [5.74, 6) is -0.452. The van der Waals surface area contributed by atoms with Crippen LogP contribution in [0.15, 0.2) is 82.8 Å². The number of benzene rings is 3. The third kappa shape index (κ3) is 5.86. The summed E-state index contributed by atoms with van der Waals surface area (Å²) in [7, 11) is -1.30. The van der Waals surface area contributed by atoms with Crippen molar-refractivity contribution < 1.29 is 27.1 Å². The van der Waals surface area contributed by atoms with Gasteiger partial charge in [-0.3, -0.25) is 9.10 Å². The zero-order valence-electron chi connectivity index (χ0n) is 17.9. The standard InChI is InChI=1S/C23H22FN3O5S/c1-31-21-13-12-20(14-22(21)32-2)33(29,30)27(19-6-4-3-5-7-19)16-23(28)26-25-15-17-8-10-18(24)11-9-17/h3-15H,16H2,1-2H3,(H,26,28)/b25-15-. The van der Waals surface area contributed by atoms with E-state index in [4.69, 9.17) is 9.47 Å². The monoisotopic (exact) mass is 471 g/mol. The van der Waals surface area contributed by atoms with Crippen LogP contribution in [0.2, 0.25) is 0 Å². The Morgan fingerprint density at radius 1 is 1.00 bits per heavy atom. The first-order chi connectivity index (χ1) is 15.8. The average Bonchev–Trinajstić information content (AvgIpc) is 2.83. The van der Waals surface area contributed by atoms with Gasteiger partial charge in [0.1, 0.15) is 12.4 Å². The van der Waals surface area contributed by atoms with Gasteiger partial charge in [-0.2, -0.15) is 5.10 Å². The van der Waals surface area contributed by atoms with Crippen LogP contribution in [0.5, 0.6) is 11.5 Å². The number of hydrogen-bond acceptors (Lipinski definition) is 6. The zero-order chi connectivity index (χ0) is 23.8. The molecule has 0 aromatic heterocycles. The lowest BCUT2D eigenvalue weighted by Crippen LogP contribution is -2.39. The number of sulfonamides is 1. The van der Waals surface area contributed by atoms with Crippen molar-refractivity contribution in [1.29, 1.82) is 0 Å². The molecule has 8 nitrogen and oxygen atoms in total. The largest absolute Gasteiger partial charge is 0.493 e. The number of nitrogens with one attached hydrogen (secondary N) is 1. The first kappa shape index (κ1) is 23.7. The minimum Gasteiger partial charge on any atom is -0.493 e. The second kappa shape index (κ2) is 10.6. The molecule has 0 unspecified atom stereocenters. The number of anilines is 1. The van der Waals surface area contributed by atoms with E-state index in [1.165, 1.54) is 62.9 Å². The van der Waals surface area contributed by atoms with E-state index in [9.17, 15) is 17.6 Å². The number of ether oxygens (including phenoxy) is 2. The Morgan fingerprint density at radius 3 is 2.30 bits per heavy atom. The highest BCUT2D eigenvalue weighted by molar-refractivity contribution is 7.92. The van der Waals surface area contributed by atoms with Crippen LogP contribution < -0.4 is 19.2 Å². The van der Waals surface area contributed by atoms with Crippen molar-refractivity contribution in [3.63, 3.8) is 0 Å². The number of para-hydroxylation sites is 1. The van der Waals surface area contributed by atoms with Gasteiger partial charge < -0.3 is 9.47 Å². The molecule has 1 amide bonds. The van der Waals surface area contributed by atoms with Crippen LogP contribution in [-0.2, 0) is 14.8 Å². The Kier molecular flexibility index (Phi) is 7.62. The van der Waals surface area contributed by atoms with Crippen LogP contribution in [0, 0.1) is 5.82 Å². The highest BCUT2D eigenvalue weighted by Crippen LogP contribution is 2.32. The third-order valence-corrected chi connectivity index (χ3v) is 6.32. The lowest BCUT2D eigenvalue weighted by atomic mass is 10.2. The highest BCUT2D eigenvalue weighted by atomic mass is 32.2. The number of carbonyl (C=O) groups is 1. The summed E-state index contributed by atoms with van der Waals surface area (Å²) in [5, 5.41) is 3.82. The van der Waals surface area contributed by atoms with Crippen molar-refractivity contribution in [2.75, 3.05) is 25.1 Å². The molecule has 10 heteroatoms. The molecule has 0 saturated carbocycles. The molecule has 33 heavy (non-hydrogen) atoms. The average molecular weight is 472 g/mol. The number of amides is 1. The van der Waals surface area contributed by atoms with E-state index in [0.29, 0.717) is 17.0 Å². The van der Waals surface area contributed by atoms with Crippen molar-refractivity contribution in [3.05, 3.63) is 84.2 Å². The molecule has 0 spiro atoms. The Balaban J connectivity index is 1.86. The van der Waals surface area contributed by atoms with E-state index >= 15 is 0 Å². The molecule has 0 aliphatic heterocycles. The number of hydrazone groups is 1. The highest BCUT2D eigenvalue weighted by Gasteiger charge is 2.28. The normalized spacial score (nSPS) is 11.2.